The standard InChI is InChI=1S/C31H38Cl6N2O4Si/c1-7-19-29(5,40-6)20-18-24(42-26(38)30(32,33)34)25(43-27(39)31(35,36)37)21-41-44(28(2,3)4,22-14-10-8-11-15-22)23-16-12-9-13-17-23/h7-18,20,24-25,38-39H,1,19,21H2,2-6H3/b20-18-,38-26?,39-27?/t24-,25-,29+/m1/s1. The summed E-state index contributed by atoms with van der Waals surface area (Å²) in [5, 5.41) is 18.4. The topological polar surface area (TPSA) is 84.6 Å². The van der Waals surface area contributed by atoms with Gasteiger partial charge in [-0.15, -0.1) is 6.58 Å². The summed E-state index contributed by atoms with van der Waals surface area (Å²) in [5.41, 5.74) is -0.808. The second kappa shape index (κ2) is 16.0. The van der Waals surface area contributed by atoms with Crippen molar-refractivity contribution in [2.24, 2.45) is 0 Å². The van der Waals surface area contributed by atoms with Crippen molar-refractivity contribution in [2.75, 3.05) is 13.7 Å². The molecule has 0 amide bonds. The molecule has 0 fully saturated rings. The Kier molecular flexibility index (Phi) is 14.2. The maximum atomic E-state index is 8.40. The molecule has 3 atom stereocenters. The Hall–Kier alpha value is -1.26. The Morgan fingerprint density at radius 3 is 1.66 bits per heavy atom. The van der Waals surface area contributed by atoms with E-state index in [0.717, 1.165) is 10.4 Å². The van der Waals surface area contributed by atoms with Crippen molar-refractivity contribution in [1.29, 1.82) is 10.8 Å². The lowest BCUT2D eigenvalue weighted by atomic mass is 10.00. The molecule has 2 aromatic rings. The van der Waals surface area contributed by atoms with Crippen LogP contribution in [-0.4, -0.2) is 59.2 Å². The van der Waals surface area contributed by atoms with Crippen LogP contribution in [0, 0.1) is 10.8 Å². The highest BCUT2D eigenvalue weighted by Gasteiger charge is 2.51. The van der Waals surface area contributed by atoms with Crippen molar-refractivity contribution in [2.45, 2.75) is 64.5 Å². The molecule has 0 aromatic heterocycles. The highest BCUT2D eigenvalue weighted by Crippen LogP contribution is 2.38. The number of hydrogen-bond acceptors (Lipinski definition) is 6. The van der Waals surface area contributed by atoms with Crippen molar-refractivity contribution in [3.8, 4) is 0 Å². The number of rotatable bonds is 13. The van der Waals surface area contributed by atoms with E-state index >= 15 is 0 Å². The second-order valence-electron chi connectivity index (χ2n) is 11.2. The SMILES string of the molecule is C=CC[C@@](C)(/C=C\[C@@H](OC(=N)C(Cl)(Cl)Cl)[C@@H](CO[Si](c1ccccc1)(c1ccccc1)C(C)(C)C)OC(=N)C(Cl)(Cl)Cl)OC. The minimum atomic E-state index is -3.11. The molecule has 0 spiro atoms. The van der Waals surface area contributed by atoms with Gasteiger partial charge in [0, 0.05) is 7.11 Å². The quantitative estimate of drug-likeness (QED) is 0.0709. The molecule has 0 aliphatic heterocycles. The molecule has 0 radical (unpaired) electrons. The molecule has 44 heavy (non-hydrogen) atoms. The average molecular weight is 743 g/mol. The molecule has 0 unspecified atom stereocenters. The average Bonchev–Trinajstić information content (AvgIpc) is 2.94. The van der Waals surface area contributed by atoms with E-state index in [4.69, 9.17) is 99.1 Å². The third-order valence-corrected chi connectivity index (χ3v) is 13.0. The van der Waals surface area contributed by atoms with Crippen LogP contribution < -0.4 is 10.4 Å². The monoisotopic (exact) mass is 740 g/mol. The second-order valence-corrected chi connectivity index (χ2v) is 20.1. The molecule has 0 aliphatic carbocycles. The van der Waals surface area contributed by atoms with E-state index in [-0.39, 0.29) is 6.61 Å². The van der Waals surface area contributed by atoms with Gasteiger partial charge in [-0.1, -0.05) is 163 Å². The molecule has 0 heterocycles. The number of alkyl halides is 6. The van der Waals surface area contributed by atoms with E-state index in [1.165, 1.54) is 0 Å². The van der Waals surface area contributed by atoms with E-state index < -0.39 is 50.5 Å². The largest absolute Gasteiger partial charge is 0.468 e. The zero-order chi connectivity index (χ0) is 33.4. The van der Waals surface area contributed by atoms with Gasteiger partial charge in [0.1, 0.15) is 0 Å². The van der Waals surface area contributed by atoms with E-state index in [2.05, 4.69) is 27.4 Å². The fraction of sp³-hybridized carbons (Fsp3) is 0.419. The van der Waals surface area contributed by atoms with Gasteiger partial charge >= 0.3 is 0 Å². The zero-order valence-corrected chi connectivity index (χ0v) is 30.7. The molecule has 0 saturated heterocycles. The van der Waals surface area contributed by atoms with Crippen molar-refractivity contribution in [3.63, 3.8) is 0 Å². The van der Waals surface area contributed by atoms with Crippen LogP contribution in [0.2, 0.25) is 5.04 Å². The van der Waals surface area contributed by atoms with Crippen LogP contribution >= 0.6 is 69.6 Å². The van der Waals surface area contributed by atoms with E-state index in [9.17, 15) is 0 Å². The zero-order valence-electron chi connectivity index (χ0n) is 25.2. The van der Waals surface area contributed by atoms with E-state index in [0.29, 0.717) is 6.42 Å². The summed E-state index contributed by atoms with van der Waals surface area (Å²) in [5.74, 6) is -1.36. The summed E-state index contributed by atoms with van der Waals surface area (Å²) >= 11 is 36.1. The Bertz CT molecular complexity index is 1240. The van der Waals surface area contributed by atoms with Crippen LogP contribution in [0.1, 0.15) is 34.1 Å². The van der Waals surface area contributed by atoms with Crippen molar-refractivity contribution < 1.29 is 18.6 Å². The summed E-state index contributed by atoms with van der Waals surface area (Å²) in [7, 11) is -1.56. The predicted octanol–water partition coefficient (Wildman–Crippen LogP) is 8.57. The molecule has 13 heteroatoms. The Labute approximate surface area is 291 Å². The normalized spacial score (nSPS) is 15.7. The summed E-state index contributed by atoms with van der Waals surface area (Å²) in [6.45, 7) is 11.8. The fourth-order valence-electron chi connectivity index (χ4n) is 4.63. The molecule has 6 nitrogen and oxygen atoms in total. The summed E-state index contributed by atoms with van der Waals surface area (Å²) < 4.78 is 20.2. The van der Waals surface area contributed by atoms with Crippen LogP contribution in [0.4, 0.5) is 0 Å². The van der Waals surface area contributed by atoms with Gasteiger partial charge in [-0.3, -0.25) is 10.8 Å². The first-order valence-electron chi connectivity index (χ1n) is 13.6. The van der Waals surface area contributed by atoms with Gasteiger partial charge in [-0.25, -0.2) is 0 Å². The highest BCUT2D eigenvalue weighted by molar-refractivity contribution is 6.99. The van der Waals surface area contributed by atoms with Crippen LogP contribution in [-0.2, 0) is 18.6 Å². The maximum absolute atomic E-state index is 8.40. The lowest BCUT2D eigenvalue weighted by Gasteiger charge is -2.44. The van der Waals surface area contributed by atoms with Crippen LogP contribution in [0.15, 0.2) is 85.5 Å². The first-order chi connectivity index (χ1) is 20.3. The molecule has 0 saturated carbocycles. The number of nitrogens with one attached hydrogen (secondary N) is 2. The van der Waals surface area contributed by atoms with Gasteiger partial charge in [0.05, 0.1) is 12.2 Å². The first-order valence-corrected chi connectivity index (χ1v) is 17.7. The van der Waals surface area contributed by atoms with Gasteiger partial charge in [0.15, 0.2) is 12.2 Å². The molecule has 2 N–H and O–H groups in total. The van der Waals surface area contributed by atoms with Crippen molar-refractivity contribution in [3.05, 3.63) is 85.5 Å². The Morgan fingerprint density at radius 2 is 1.27 bits per heavy atom. The molecule has 2 aromatic carbocycles. The van der Waals surface area contributed by atoms with E-state index in [1.807, 2.05) is 67.6 Å². The predicted molar refractivity (Wildman–Crippen MR) is 189 cm³/mol. The minimum absolute atomic E-state index is 0.163. The number of halogens is 6. The van der Waals surface area contributed by atoms with Gasteiger partial charge < -0.3 is 18.6 Å². The Morgan fingerprint density at radius 1 is 0.818 bits per heavy atom. The molecular weight excluding hydrogens is 705 g/mol. The fourth-order valence-corrected chi connectivity index (χ4v) is 9.47. The minimum Gasteiger partial charge on any atom is -0.468 e. The third kappa shape index (κ3) is 10.4. The van der Waals surface area contributed by atoms with Gasteiger partial charge in [-0.2, -0.15) is 0 Å². The molecule has 242 valence electrons. The summed E-state index contributed by atoms with van der Waals surface area (Å²) in [6.07, 6.45) is 3.12. The molecule has 0 bridgehead atoms. The molecule has 0 aliphatic rings. The lowest BCUT2D eigenvalue weighted by molar-refractivity contribution is 0.0223. The number of benzene rings is 2. The number of hydrogen-bond donors (Lipinski definition) is 2. The van der Waals surface area contributed by atoms with Gasteiger partial charge in [0.25, 0.3) is 15.9 Å². The lowest BCUT2D eigenvalue weighted by Crippen LogP contribution is -2.67. The summed E-state index contributed by atoms with van der Waals surface area (Å²) in [6, 6.07) is 19.9. The van der Waals surface area contributed by atoms with Crippen molar-refractivity contribution in [1.82, 2.24) is 0 Å². The maximum Gasteiger partial charge on any atom is 0.265 e. The van der Waals surface area contributed by atoms with Gasteiger partial charge in [-0.05, 0) is 34.8 Å². The number of methoxy groups -OCH3 is 1. The van der Waals surface area contributed by atoms with Gasteiger partial charge in [0.2, 0.25) is 11.8 Å². The van der Waals surface area contributed by atoms with Crippen LogP contribution in [0.3, 0.4) is 0 Å². The third-order valence-electron chi connectivity index (χ3n) is 6.94. The van der Waals surface area contributed by atoms with Crippen LogP contribution in [0.25, 0.3) is 0 Å². The highest BCUT2D eigenvalue weighted by atomic mass is 35.6. The smallest absolute Gasteiger partial charge is 0.265 e. The Balaban J connectivity index is 2.75. The number of ether oxygens (including phenoxy) is 3. The molecular formula is C31H38Cl6N2O4Si. The van der Waals surface area contributed by atoms with Crippen molar-refractivity contribution >= 4 is 100 Å². The van der Waals surface area contributed by atoms with E-state index in [1.54, 1.807) is 25.3 Å². The molecule has 2 rings (SSSR count). The first kappa shape index (κ1) is 38.9. The van der Waals surface area contributed by atoms with Crippen LogP contribution in [0.5, 0.6) is 0 Å². The summed E-state index contributed by atoms with van der Waals surface area (Å²) in [4.78, 5) is 0.